The summed E-state index contributed by atoms with van der Waals surface area (Å²) in [4.78, 5) is 28.6. The Hall–Kier alpha value is -2.28. The van der Waals surface area contributed by atoms with Gasteiger partial charge in [0.1, 0.15) is 0 Å². The first-order valence-corrected chi connectivity index (χ1v) is 9.35. The Balaban J connectivity index is 1.75. The molecular weight excluding hydrogens is 332 g/mol. The molecule has 1 saturated carbocycles. The molecule has 2 N–H and O–H groups in total. The molecule has 2 fully saturated rings. The average Bonchev–Trinajstić information content (AvgIpc) is 3.46. The molecule has 26 heavy (non-hydrogen) atoms. The van der Waals surface area contributed by atoms with Gasteiger partial charge in [-0.2, -0.15) is 0 Å². The van der Waals surface area contributed by atoms with Gasteiger partial charge >= 0.3 is 12.0 Å². The van der Waals surface area contributed by atoms with Crippen LogP contribution in [0.25, 0.3) is 0 Å². The largest absolute Gasteiger partial charge is 0.465 e. The van der Waals surface area contributed by atoms with E-state index >= 15 is 0 Å². The Kier molecular flexibility index (Phi) is 5.98. The van der Waals surface area contributed by atoms with Crippen molar-refractivity contribution in [2.24, 2.45) is 5.92 Å². The maximum Gasteiger partial charge on any atom is 0.337 e. The SMILES string of the molecule is CCNC(=O)Nc1ccc(C(=O)OC)cc1N1CCN(CC2CC2)CC1. The zero-order chi connectivity index (χ0) is 18.5. The third-order valence-electron chi connectivity index (χ3n) is 4.93. The van der Waals surface area contributed by atoms with Gasteiger partial charge in [0, 0.05) is 39.3 Å². The standard InChI is InChI=1S/C19H28N4O3/c1-3-20-19(25)21-16-7-6-15(18(24)26-2)12-17(16)23-10-8-22(9-11-23)13-14-4-5-14/h6-7,12,14H,3-5,8-11,13H2,1-2H3,(H2,20,21,25). The van der Waals surface area contributed by atoms with Gasteiger partial charge in [0.25, 0.3) is 0 Å². The lowest BCUT2D eigenvalue weighted by Crippen LogP contribution is -2.47. The fourth-order valence-electron chi connectivity index (χ4n) is 3.31. The highest BCUT2D eigenvalue weighted by Crippen LogP contribution is 2.32. The van der Waals surface area contributed by atoms with Crippen LogP contribution in [0.3, 0.4) is 0 Å². The number of carbonyl (C=O) groups excluding carboxylic acids is 2. The third kappa shape index (κ3) is 4.66. The van der Waals surface area contributed by atoms with Crippen LogP contribution < -0.4 is 15.5 Å². The minimum Gasteiger partial charge on any atom is -0.465 e. The summed E-state index contributed by atoms with van der Waals surface area (Å²) in [6.45, 7) is 7.38. The second-order valence-electron chi connectivity index (χ2n) is 6.94. The second-order valence-corrected chi connectivity index (χ2v) is 6.94. The number of nitrogens with one attached hydrogen (secondary N) is 2. The van der Waals surface area contributed by atoms with Gasteiger partial charge in [-0.1, -0.05) is 0 Å². The molecule has 142 valence electrons. The predicted molar refractivity (Wildman–Crippen MR) is 102 cm³/mol. The first kappa shape index (κ1) is 18.5. The molecule has 1 aromatic carbocycles. The van der Waals surface area contributed by atoms with Crippen LogP contribution in [0.4, 0.5) is 16.2 Å². The van der Waals surface area contributed by atoms with E-state index in [1.807, 2.05) is 13.0 Å². The molecule has 2 amide bonds. The first-order chi connectivity index (χ1) is 12.6. The summed E-state index contributed by atoms with van der Waals surface area (Å²) < 4.78 is 4.84. The molecule has 7 heteroatoms. The molecule has 0 atom stereocenters. The summed E-state index contributed by atoms with van der Waals surface area (Å²) in [5, 5.41) is 5.63. The molecule has 2 aliphatic rings. The highest BCUT2D eigenvalue weighted by molar-refractivity contribution is 5.97. The highest BCUT2D eigenvalue weighted by atomic mass is 16.5. The number of rotatable bonds is 6. The van der Waals surface area contributed by atoms with Crippen LogP contribution in [0.15, 0.2) is 18.2 Å². The molecule has 1 aromatic rings. The molecular formula is C19H28N4O3. The van der Waals surface area contributed by atoms with E-state index < -0.39 is 0 Å². The van der Waals surface area contributed by atoms with Crippen molar-refractivity contribution < 1.29 is 14.3 Å². The maximum absolute atomic E-state index is 12.0. The van der Waals surface area contributed by atoms with E-state index in [9.17, 15) is 9.59 Å². The van der Waals surface area contributed by atoms with Crippen molar-refractivity contribution in [2.75, 3.05) is 56.6 Å². The van der Waals surface area contributed by atoms with Gasteiger partial charge in [0.15, 0.2) is 0 Å². The van der Waals surface area contributed by atoms with Crippen molar-refractivity contribution >= 4 is 23.4 Å². The number of hydrogen-bond donors (Lipinski definition) is 2. The minimum absolute atomic E-state index is 0.244. The number of benzene rings is 1. The normalized spacial score (nSPS) is 17.7. The summed E-state index contributed by atoms with van der Waals surface area (Å²) in [7, 11) is 1.37. The van der Waals surface area contributed by atoms with E-state index in [0.717, 1.165) is 37.8 Å². The summed E-state index contributed by atoms with van der Waals surface area (Å²) in [5.74, 6) is 0.516. The molecule has 7 nitrogen and oxygen atoms in total. The van der Waals surface area contributed by atoms with Crippen LogP contribution in [0, 0.1) is 5.92 Å². The third-order valence-corrected chi connectivity index (χ3v) is 4.93. The number of urea groups is 1. The van der Waals surface area contributed by atoms with E-state index in [4.69, 9.17) is 4.74 Å². The maximum atomic E-state index is 12.0. The van der Waals surface area contributed by atoms with E-state index in [0.29, 0.717) is 17.8 Å². The number of esters is 1. The van der Waals surface area contributed by atoms with Crippen molar-refractivity contribution in [2.45, 2.75) is 19.8 Å². The van der Waals surface area contributed by atoms with Crippen LogP contribution in [-0.2, 0) is 4.74 Å². The van der Waals surface area contributed by atoms with Crippen molar-refractivity contribution in [3.8, 4) is 0 Å². The second kappa shape index (κ2) is 8.40. The lowest BCUT2D eigenvalue weighted by atomic mass is 10.1. The molecule has 1 saturated heterocycles. The Morgan fingerprint density at radius 1 is 1.19 bits per heavy atom. The van der Waals surface area contributed by atoms with Crippen molar-refractivity contribution in [1.82, 2.24) is 10.2 Å². The average molecular weight is 360 g/mol. The molecule has 1 heterocycles. The number of carbonyl (C=O) groups is 2. The quantitative estimate of drug-likeness (QED) is 0.761. The van der Waals surface area contributed by atoms with E-state index in [-0.39, 0.29) is 12.0 Å². The lowest BCUT2D eigenvalue weighted by molar-refractivity contribution is 0.0601. The highest BCUT2D eigenvalue weighted by Gasteiger charge is 2.27. The molecule has 0 spiro atoms. The van der Waals surface area contributed by atoms with Crippen LogP contribution in [0.1, 0.15) is 30.1 Å². The molecule has 0 aromatic heterocycles. The van der Waals surface area contributed by atoms with Gasteiger partial charge in [-0.05, 0) is 43.9 Å². The van der Waals surface area contributed by atoms with Gasteiger partial charge < -0.3 is 20.3 Å². The lowest BCUT2D eigenvalue weighted by Gasteiger charge is -2.37. The number of methoxy groups -OCH3 is 1. The summed E-state index contributed by atoms with van der Waals surface area (Å²) in [5.41, 5.74) is 2.06. The minimum atomic E-state index is -0.372. The number of anilines is 2. The van der Waals surface area contributed by atoms with Crippen LogP contribution >= 0.6 is 0 Å². The Bertz CT molecular complexity index is 652. The van der Waals surface area contributed by atoms with E-state index in [2.05, 4.69) is 20.4 Å². The number of hydrogen-bond acceptors (Lipinski definition) is 5. The van der Waals surface area contributed by atoms with Crippen LogP contribution in [0.5, 0.6) is 0 Å². The fraction of sp³-hybridized carbons (Fsp3) is 0.579. The van der Waals surface area contributed by atoms with Crippen molar-refractivity contribution in [3.05, 3.63) is 23.8 Å². The van der Waals surface area contributed by atoms with Crippen LogP contribution in [0.2, 0.25) is 0 Å². The van der Waals surface area contributed by atoms with Gasteiger partial charge in [-0.3, -0.25) is 4.90 Å². The van der Waals surface area contributed by atoms with Gasteiger partial charge in [-0.15, -0.1) is 0 Å². The van der Waals surface area contributed by atoms with Gasteiger partial charge in [-0.25, -0.2) is 9.59 Å². The Morgan fingerprint density at radius 3 is 2.54 bits per heavy atom. The van der Waals surface area contributed by atoms with E-state index in [1.54, 1.807) is 12.1 Å². The monoisotopic (exact) mass is 360 g/mol. The van der Waals surface area contributed by atoms with Crippen molar-refractivity contribution in [1.29, 1.82) is 0 Å². The molecule has 3 rings (SSSR count). The number of amides is 2. The molecule has 1 aliphatic heterocycles. The predicted octanol–water partition coefficient (Wildman–Crippen LogP) is 2.15. The van der Waals surface area contributed by atoms with Crippen LogP contribution in [-0.4, -0.2) is 63.3 Å². The topological polar surface area (TPSA) is 73.9 Å². The Morgan fingerprint density at radius 2 is 1.92 bits per heavy atom. The molecule has 0 bridgehead atoms. The number of ether oxygens (including phenoxy) is 1. The number of nitrogens with zero attached hydrogens (tertiary/aromatic N) is 2. The summed E-state index contributed by atoms with van der Waals surface area (Å²) >= 11 is 0. The molecule has 0 radical (unpaired) electrons. The zero-order valence-electron chi connectivity index (χ0n) is 15.6. The number of piperazine rings is 1. The molecule has 1 aliphatic carbocycles. The molecule has 0 unspecified atom stereocenters. The summed E-state index contributed by atoms with van der Waals surface area (Å²) in [6.07, 6.45) is 2.73. The zero-order valence-corrected chi connectivity index (χ0v) is 15.6. The van der Waals surface area contributed by atoms with E-state index in [1.165, 1.54) is 26.5 Å². The first-order valence-electron chi connectivity index (χ1n) is 9.35. The fourth-order valence-corrected chi connectivity index (χ4v) is 3.31. The smallest absolute Gasteiger partial charge is 0.337 e. The van der Waals surface area contributed by atoms with Crippen molar-refractivity contribution in [3.63, 3.8) is 0 Å². The summed E-state index contributed by atoms with van der Waals surface area (Å²) in [6, 6.07) is 5.02. The van der Waals surface area contributed by atoms with Gasteiger partial charge in [0.05, 0.1) is 24.0 Å². The van der Waals surface area contributed by atoms with Gasteiger partial charge in [0.2, 0.25) is 0 Å². The Labute approximate surface area is 154 Å².